The average Bonchev–Trinajstić information content (AvgIpc) is 2.23. The Bertz CT molecular complexity index is 482. The van der Waals surface area contributed by atoms with Crippen LogP contribution < -0.4 is 4.74 Å². The van der Waals surface area contributed by atoms with Crippen molar-refractivity contribution in [1.29, 1.82) is 0 Å². The molecule has 0 aliphatic heterocycles. The molecule has 0 unspecified atom stereocenters. The predicted octanol–water partition coefficient (Wildman–Crippen LogP) is 3.31. The zero-order chi connectivity index (χ0) is 10.1. The van der Waals surface area contributed by atoms with Crippen LogP contribution in [0.3, 0.4) is 0 Å². The second kappa shape index (κ2) is 3.58. The maximum atomic E-state index is 5.09. The molecule has 1 aromatic heterocycles. The Balaban J connectivity index is 2.80. The molecule has 0 radical (unpaired) electrons. The summed E-state index contributed by atoms with van der Waals surface area (Å²) in [5.74, 6) is 0.652. The van der Waals surface area contributed by atoms with E-state index >= 15 is 0 Å². The summed E-state index contributed by atoms with van der Waals surface area (Å²) in [6, 6.07) is 7.95. The summed E-state index contributed by atoms with van der Waals surface area (Å²) in [5, 5.41) is 1.12. The monoisotopic (exact) mass is 251 g/mol. The second-order valence-corrected chi connectivity index (χ2v) is 3.97. The van der Waals surface area contributed by atoms with E-state index in [1.807, 2.05) is 31.2 Å². The Hall–Kier alpha value is -1.09. The molecule has 2 rings (SSSR count). The highest BCUT2D eigenvalue weighted by Crippen LogP contribution is 2.26. The molecule has 0 saturated carbocycles. The Labute approximate surface area is 91.0 Å². The molecule has 14 heavy (non-hydrogen) atoms. The summed E-state index contributed by atoms with van der Waals surface area (Å²) in [6.07, 6.45) is 0. The SMILES string of the molecule is COc1ccc2c(Br)ccc(C)c2n1. The van der Waals surface area contributed by atoms with E-state index in [0.29, 0.717) is 5.88 Å². The highest BCUT2D eigenvalue weighted by molar-refractivity contribution is 9.10. The van der Waals surface area contributed by atoms with E-state index in [-0.39, 0.29) is 0 Å². The van der Waals surface area contributed by atoms with Crippen LogP contribution in [0.5, 0.6) is 5.88 Å². The van der Waals surface area contributed by atoms with Crippen LogP contribution in [0.4, 0.5) is 0 Å². The van der Waals surface area contributed by atoms with E-state index in [4.69, 9.17) is 4.74 Å². The van der Waals surface area contributed by atoms with Crippen LogP contribution in [-0.2, 0) is 0 Å². The standard InChI is InChI=1S/C11H10BrNO/c1-7-3-5-9(12)8-4-6-10(14-2)13-11(7)8/h3-6H,1-2H3. The van der Waals surface area contributed by atoms with Crippen LogP contribution >= 0.6 is 15.9 Å². The quantitative estimate of drug-likeness (QED) is 0.776. The highest BCUT2D eigenvalue weighted by Gasteiger charge is 2.03. The van der Waals surface area contributed by atoms with Gasteiger partial charge in [-0.3, -0.25) is 0 Å². The molecule has 0 saturated heterocycles. The van der Waals surface area contributed by atoms with Gasteiger partial charge in [0, 0.05) is 15.9 Å². The van der Waals surface area contributed by atoms with Gasteiger partial charge in [0.25, 0.3) is 0 Å². The summed E-state index contributed by atoms with van der Waals surface area (Å²) >= 11 is 3.50. The normalized spacial score (nSPS) is 10.5. The van der Waals surface area contributed by atoms with Crippen molar-refractivity contribution in [3.63, 3.8) is 0 Å². The Kier molecular flexibility index (Phi) is 2.42. The largest absolute Gasteiger partial charge is 0.481 e. The fourth-order valence-electron chi connectivity index (χ4n) is 1.42. The summed E-state index contributed by atoms with van der Waals surface area (Å²) in [7, 11) is 1.63. The lowest BCUT2D eigenvalue weighted by Crippen LogP contribution is -1.90. The van der Waals surface area contributed by atoms with Crippen molar-refractivity contribution in [2.24, 2.45) is 0 Å². The number of nitrogens with zero attached hydrogens (tertiary/aromatic N) is 1. The zero-order valence-corrected chi connectivity index (χ0v) is 9.63. The molecule has 1 aromatic carbocycles. The van der Waals surface area contributed by atoms with Gasteiger partial charge in [0.2, 0.25) is 5.88 Å². The molecule has 3 heteroatoms. The highest BCUT2D eigenvalue weighted by atomic mass is 79.9. The number of hydrogen-bond acceptors (Lipinski definition) is 2. The van der Waals surface area contributed by atoms with Crippen LogP contribution in [-0.4, -0.2) is 12.1 Å². The maximum absolute atomic E-state index is 5.09. The molecule has 0 aliphatic carbocycles. The fraction of sp³-hybridized carbons (Fsp3) is 0.182. The number of hydrogen-bond donors (Lipinski definition) is 0. The number of methoxy groups -OCH3 is 1. The lowest BCUT2D eigenvalue weighted by molar-refractivity contribution is 0.399. The molecule has 0 spiro atoms. The van der Waals surface area contributed by atoms with Crippen molar-refractivity contribution in [2.45, 2.75) is 6.92 Å². The van der Waals surface area contributed by atoms with Crippen molar-refractivity contribution >= 4 is 26.8 Å². The number of benzene rings is 1. The molecule has 72 valence electrons. The van der Waals surface area contributed by atoms with Crippen LogP contribution in [0.1, 0.15) is 5.56 Å². The fourth-order valence-corrected chi connectivity index (χ4v) is 1.87. The molecule has 0 bridgehead atoms. The topological polar surface area (TPSA) is 22.1 Å². The lowest BCUT2D eigenvalue weighted by atomic mass is 10.1. The van der Waals surface area contributed by atoms with Crippen molar-refractivity contribution < 1.29 is 4.74 Å². The third kappa shape index (κ3) is 1.48. The smallest absolute Gasteiger partial charge is 0.213 e. The predicted molar refractivity (Wildman–Crippen MR) is 60.7 cm³/mol. The van der Waals surface area contributed by atoms with Gasteiger partial charge in [-0.25, -0.2) is 4.98 Å². The van der Waals surface area contributed by atoms with Gasteiger partial charge in [-0.05, 0) is 24.6 Å². The van der Waals surface area contributed by atoms with Crippen molar-refractivity contribution in [1.82, 2.24) is 4.98 Å². The lowest BCUT2D eigenvalue weighted by Gasteiger charge is -2.05. The van der Waals surface area contributed by atoms with E-state index in [9.17, 15) is 0 Å². The summed E-state index contributed by atoms with van der Waals surface area (Å²) in [4.78, 5) is 4.40. The van der Waals surface area contributed by atoms with Crippen LogP contribution in [0.2, 0.25) is 0 Å². The molecule has 0 N–H and O–H groups in total. The van der Waals surface area contributed by atoms with Gasteiger partial charge in [-0.1, -0.05) is 22.0 Å². The molecule has 1 heterocycles. The van der Waals surface area contributed by atoms with E-state index in [1.165, 1.54) is 0 Å². The Morgan fingerprint density at radius 3 is 2.71 bits per heavy atom. The maximum Gasteiger partial charge on any atom is 0.213 e. The van der Waals surface area contributed by atoms with E-state index in [0.717, 1.165) is 20.9 Å². The second-order valence-electron chi connectivity index (χ2n) is 3.11. The molecule has 0 atom stereocenters. The van der Waals surface area contributed by atoms with E-state index in [2.05, 4.69) is 20.9 Å². The zero-order valence-electron chi connectivity index (χ0n) is 8.04. The van der Waals surface area contributed by atoms with Crippen LogP contribution in [0.25, 0.3) is 10.9 Å². The molecular weight excluding hydrogens is 242 g/mol. The molecular formula is C11H10BrNO. The third-order valence-corrected chi connectivity index (χ3v) is 2.88. The molecule has 2 aromatic rings. The molecule has 0 amide bonds. The van der Waals surface area contributed by atoms with E-state index < -0.39 is 0 Å². The molecule has 0 aliphatic rings. The number of rotatable bonds is 1. The summed E-state index contributed by atoms with van der Waals surface area (Å²) in [5.41, 5.74) is 2.14. The van der Waals surface area contributed by atoms with Crippen molar-refractivity contribution in [3.8, 4) is 5.88 Å². The van der Waals surface area contributed by atoms with Gasteiger partial charge in [-0.2, -0.15) is 0 Å². The van der Waals surface area contributed by atoms with Gasteiger partial charge in [0.05, 0.1) is 12.6 Å². The average molecular weight is 252 g/mol. The Morgan fingerprint density at radius 1 is 1.21 bits per heavy atom. The van der Waals surface area contributed by atoms with Crippen LogP contribution in [0, 0.1) is 6.92 Å². The summed E-state index contributed by atoms with van der Waals surface area (Å²) < 4.78 is 6.15. The minimum absolute atomic E-state index is 0.652. The molecule has 0 fully saturated rings. The van der Waals surface area contributed by atoms with E-state index in [1.54, 1.807) is 7.11 Å². The summed E-state index contributed by atoms with van der Waals surface area (Å²) in [6.45, 7) is 2.04. The van der Waals surface area contributed by atoms with Gasteiger partial charge in [-0.15, -0.1) is 0 Å². The first kappa shape index (κ1) is 9.46. The van der Waals surface area contributed by atoms with Crippen molar-refractivity contribution in [2.75, 3.05) is 7.11 Å². The van der Waals surface area contributed by atoms with Gasteiger partial charge < -0.3 is 4.74 Å². The minimum Gasteiger partial charge on any atom is -0.481 e. The number of aromatic nitrogens is 1. The van der Waals surface area contributed by atoms with Gasteiger partial charge >= 0.3 is 0 Å². The van der Waals surface area contributed by atoms with Crippen LogP contribution in [0.15, 0.2) is 28.7 Å². The first-order chi connectivity index (χ1) is 6.72. The first-order valence-electron chi connectivity index (χ1n) is 4.32. The number of fused-ring (bicyclic) bond motifs is 1. The third-order valence-electron chi connectivity index (χ3n) is 2.19. The number of pyridine rings is 1. The molecule has 2 nitrogen and oxygen atoms in total. The number of ether oxygens (including phenoxy) is 1. The van der Waals surface area contributed by atoms with Crippen molar-refractivity contribution in [3.05, 3.63) is 34.3 Å². The van der Waals surface area contributed by atoms with Gasteiger partial charge in [0.15, 0.2) is 0 Å². The minimum atomic E-state index is 0.652. The number of aryl methyl sites for hydroxylation is 1. The first-order valence-corrected chi connectivity index (χ1v) is 5.11. The number of halogens is 1. The van der Waals surface area contributed by atoms with Gasteiger partial charge in [0.1, 0.15) is 0 Å². The Morgan fingerprint density at radius 2 is 2.00 bits per heavy atom.